The Hall–Kier alpha value is -0.650. The molecule has 0 radical (unpaired) electrons. The van der Waals surface area contributed by atoms with E-state index in [4.69, 9.17) is 9.47 Å². The second kappa shape index (κ2) is 10.5. The van der Waals surface area contributed by atoms with Gasteiger partial charge in [0.05, 0.1) is 24.7 Å². The summed E-state index contributed by atoms with van der Waals surface area (Å²) in [5.41, 5.74) is 2.00. The van der Waals surface area contributed by atoms with Crippen LogP contribution in [-0.4, -0.2) is 41.8 Å². The lowest BCUT2D eigenvalue weighted by atomic mass is 9.85. The lowest BCUT2D eigenvalue weighted by molar-refractivity contribution is -0.149. The summed E-state index contributed by atoms with van der Waals surface area (Å²) in [7, 11) is 3.07. The van der Waals surface area contributed by atoms with Crippen LogP contribution in [0, 0.1) is 5.92 Å². The van der Waals surface area contributed by atoms with E-state index in [1.165, 1.54) is 18.3 Å². The van der Waals surface area contributed by atoms with E-state index in [0.717, 1.165) is 38.5 Å². The fourth-order valence-electron chi connectivity index (χ4n) is 3.09. The van der Waals surface area contributed by atoms with E-state index < -0.39 is 5.60 Å². The molecule has 1 N–H and O–H groups in total. The van der Waals surface area contributed by atoms with Crippen molar-refractivity contribution in [3.05, 3.63) is 23.3 Å². The Bertz CT molecular complexity index is 490. The zero-order chi connectivity index (χ0) is 19.0. The van der Waals surface area contributed by atoms with Crippen molar-refractivity contribution in [1.82, 2.24) is 0 Å². The number of aliphatic hydroxyl groups is 1. The quantitative estimate of drug-likeness (QED) is 0.340. The molecular formula is C20H33BrO4. The molecule has 1 aliphatic carbocycles. The first-order chi connectivity index (χ1) is 11.7. The van der Waals surface area contributed by atoms with Gasteiger partial charge in [-0.15, -0.1) is 0 Å². The largest absolute Gasteiger partial charge is 0.469 e. The van der Waals surface area contributed by atoms with E-state index >= 15 is 0 Å². The molecule has 0 aromatic rings. The average Bonchev–Trinajstić information content (AvgIpc) is 2.57. The summed E-state index contributed by atoms with van der Waals surface area (Å²) in [4.78, 5) is 11.9. The highest BCUT2D eigenvalue weighted by molar-refractivity contribution is 9.09. The van der Waals surface area contributed by atoms with Crippen LogP contribution >= 0.6 is 15.9 Å². The van der Waals surface area contributed by atoms with Crippen molar-refractivity contribution in [3.8, 4) is 0 Å². The topological polar surface area (TPSA) is 55.8 Å². The number of methoxy groups -OCH3 is 2. The monoisotopic (exact) mass is 416 g/mol. The number of carbonyl (C=O) groups excluding carboxylic acids is 1. The van der Waals surface area contributed by atoms with Gasteiger partial charge in [0.25, 0.3) is 0 Å². The molecule has 4 nitrogen and oxygen atoms in total. The second-order valence-electron chi connectivity index (χ2n) is 7.44. The minimum absolute atomic E-state index is 0.0992. The lowest BCUT2D eigenvalue weighted by Gasteiger charge is -2.27. The van der Waals surface area contributed by atoms with Gasteiger partial charge in [-0.1, -0.05) is 39.2 Å². The van der Waals surface area contributed by atoms with E-state index in [1.54, 1.807) is 7.11 Å². The van der Waals surface area contributed by atoms with E-state index in [0.29, 0.717) is 0 Å². The summed E-state index contributed by atoms with van der Waals surface area (Å²) in [5.74, 6) is -0.372. The van der Waals surface area contributed by atoms with E-state index in [1.807, 2.05) is 13.8 Å². The molecule has 25 heavy (non-hydrogen) atoms. The number of esters is 1. The van der Waals surface area contributed by atoms with Crippen LogP contribution in [0.3, 0.4) is 0 Å². The maximum absolute atomic E-state index is 11.8. The standard InChI is InChI=1S/C20H33BrO4/c1-14(9-12-18(21)20(2,3)23)7-6-8-15-10-11-16(19(22)25-5)17(13-15)24-4/h7,13,16-18,23H,6,8-12H2,1-5H3/b14-7-. The van der Waals surface area contributed by atoms with Gasteiger partial charge >= 0.3 is 5.97 Å². The first-order valence-corrected chi connectivity index (χ1v) is 9.92. The summed E-state index contributed by atoms with van der Waals surface area (Å²) in [6, 6.07) is 0. The van der Waals surface area contributed by atoms with Gasteiger partial charge in [-0.2, -0.15) is 0 Å². The smallest absolute Gasteiger partial charge is 0.311 e. The Morgan fingerprint density at radius 3 is 2.72 bits per heavy atom. The summed E-state index contributed by atoms with van der Waals surface area (Å²) in [5, 5.41) is 9.95. The summed E-state index contributed by atoms with van der Waals surface area (Å²) in [6.07, 6.45) is 9.79. The van der Waals surface area contributed by atoms with Crippen molar-refractivity contribution < 1.29 is 19.4 Å². The van der Waals surface area contributed by atoms with Crippen LogP contribution in [0.2, 0.25) is 0 Å². The Kier molecular flexibility index (Phi) is 9.39. The van der Waals surface area contributed by atoms with Crippen LogP contribution in [0.15, 0.2) is 23.3 Å². The minimum atomic E-state index is -0.696. The van der Waals surface area contributed by atoms with Crippen molar-refractivity contribution in [2.45, 2.75) is 75.8 Å². The highest BCUT2D eigenvalue weighted by Crippen LogP contribution is 2.29. The van der Waals surface area contributed by atoms with Gasteiger partial charge in [0.15, 0.2) is 0 Å². The molecular weight excluding hydrogens is 384 g/mol. The van der Waals surface area contributed by atoms with Crippen LogP contribution in [0.4, 0.5) is 0 Å². The maximum atomic E-state index is 11.8. The Morgan fingerprint density at radius 2 is 2.16 bits per heavy atom. The molecule has 0 saturated carbocycles. The average molecular weight is 417 g/mol. The van der Waals surface area contributed by atoms with Crippen molar-refractivity contribution >= 4 is 21.9 Å². The fourth-order valence-corrected chi connectivity index (χ4v) is 3.32. The Labute approximate surface area is 160 Å². The highest BCUT2D eigenvalue weighted by Gasteiger charge is 2.31. The number of hydrogen-bond donors (Lipinski definition) is 1. The van der Waals surface area contributed by atoms with Gasteiger partial charge in [0.1, 0.15) is 0 Å². The third-order valence-corrected chi connectivity index (χ3v) is 6.44. The molecule has 0 amide bonds. The maximum Gasteiger partial charge on any atom is 0.311 e. The number of hydrogen-bond acceptors (Lipinski definition) is 4. The van der Waals surface area contributed by atoms with Gasteiger partial charge < -0.3 is 14.6 Å². The van der Waals surface area contributed by atoms with E-state index in [2.05, 4.69) is 35.0 Å². The predicted molar refractivity (Wildman–Crippen MR) is 105 cm³/mol. The Morgan fingerprint density at radius 1 is 1.48 bits per heavy atom. The normalized spacial score (nSPS) is 23.2. The molecule has 0 bridgehead atoms. The molecule has 0 aliphatic heterocycles. The number of rotatable bonds is 9. The molecule has 0 aromatic carbocycles. The van der Waals surface area contributed by atoms with Crippen molar-refractivity contribution in [2.24, 2.45) is 5.92 Å². The first-order valence-electron chi connectivity index (χ1n) is 9.01. The van der Waals surface area contributed by atoms with Crippen molar-refractivity contribution in [1.29, 1.82) is 0 Å². The molecule has 5 heteroatoms. The number of allylic oxidation sites excluding steroid dienone is 3. The van der Waals surface area contributed by atoms with Crippen molar-refractivity contribution in [2.75, 3.05) is 14.2 Å². The lowest BCUT2D eigenvalue weighted by Crippen LogP contribution is -2.32. The Balaban J connectivity index is 2.47. The van der Waals surface area contributed by atoms with Gasteiger partial charge in [0.2, 0.25) is 0 Å². The van der Waals surface area contributed by atoms with Crippen LogP contribution in [-0.2, 0) is 14.3 Å². The van der Waals surface area contributed by atoms with Crippen molar-refractivity contribution in [3.63, 3.8) is 0 Å². The first kappa shape index (κ1) is 22.4. The number of ether oxygens (including phenoxy) is 2. The summed E-state index contributed by atoms with van der Waals surface area (Å²) < 4.78 is 10.3. The molecule has 0 saturated heterocycles. The zero-order valence-electron chi connectivity index (χ0n) is 16.2. The van der Waals surface area contributed by atoms with E-state index in [-0.39, 0.29) is 22.8 Å². The third kappa shape index (κ3) is 7.63. The minimum Gasteiger partial charge on any atom is -0.469 e. The zero-order valence-corrected chi connectivity index (χ0v) is 17.8. The van der Waals surface area contributed by atoms with Crippen LogP contribution in [0.25, 0.3) is 0 Å². The van der Waals surface area contributed by atoms with Gasteiger partial charge in [0, 0.05) is 11.9 Å². The molecule has 0 fully saturated rings. The van der Waals surface area contributed by atoms with Crippen LogP contribution in [0.5, 0.6) is 0 Å². The summed E-state index contributed by atoms with van der Waals surface area (Å²) in [6.45, 7) is 5.80. The molecule has 0 heterocycles. The molecule has 3 atom stereocenters. The second-order valence-corrected chi connectivity index (χ2v) is 8.55. The van der Waals surface area contributed by atoms with Crippen LogP contribution in [0.1, 0.15) is 59.3 Å². The number of carbonyl (C=O) groups is 1. The SMILES string of the molecule is COC(=O)C1CCC(CC/C=C(/C)CCC(Br)C(C)(C)O)=CC1OC. The number of alkyl halides is 1. The summed E-state index contributed by atoms with van der Waals surface area (Å²) >= 11 is 3.56. The molecule has 0 spiro atoms. The molecule has 1 aliphatic rings. The van der Waals surface area contributed by atoms with Crippen LogP contribution < -0.4 is 0 Å². The molecule has 1 rings (SSSR count). The molecule has 0 aromatic heterocycles. The molecule has 144 valence electrons. The highest BCUT2D eigenvalue weighted by atomic mass is 79.9. The van der Waals surface area contributed by atoms with Gasteiger partial charge in [-0.05, 0) is 59.3 Å². The fraction of sp³-hybridized carbons (Fsp3) is 0.750. The van der Waals surface area contributed by atoms with Gasteiger partial charge in [-0.3, -0.25) is 4.79 Å². The van der Waals surface area contributed by atoms with Gasteiger partial charge in [-0.25, -0.2) is 0 Å². The number of halogens is 1. The molecule has 3 unspecified atom stereocenters. The van der Waals surface area contributed by atoms with E-state index in [9.17, 15) is 9.90 Å². The third-order valence-electron chi connectivity index (χ3n) is 4.87. The predicted octanol–water partition coefficient (Wildman–Crippen LogP) is 4.55.